The van der Waals surface area contributed by atoms with Gasteiger partial charge in [0.1, 0.15) is 0 Å². The summed E-state index contributed by atoms with van der Waals surface area (Å²) < 4.78 is 2.40. The standard InChI is InChI=1S/C58H40N2/c1-3-13-41(14-4-1)43-23-31-49(32-24-43)59(50-33-25-44(26-34-50)42-15-5-2-6-16-42)51-35-27-45(28-36-51)53-19-9-10-20-54(53)46-29-37-52(38-30-46)60-57-22-12-11-21-55(57)56-39-47-17-7-8-18-48(47)40-58(56)60/h1-40H. The van der Waals surface area contributed by atoms with Crippen LogP contribution in [0.25, 0.3) is 82.8 Å². The van der Waals surface area contributed by atoms with Crippen molar-refractivity contribution in [1.82, 2.24) is 4.57 Å². The number of aromatic nitrogens is 1. The monoisotopic (exact) mass is 764 g/mol. The lowest BCUT2D eigenvalue weighted by atomic mass is 9.94. The highest BCUT2D eigenvalue weighted by Gasteiger charge is 2.17. The van der Waals surface area contributed by atoms with Crippen LogP contribution in [-0.2, 0) is 0 Å². The predicted octanol–water partition coefficient (Wildman–Crippen LogP) is 16.1. The Morgan fingerprint density at radius 2 is 0.667 bits per heavy atom. The van der Waals surface area contributed by atoms with Gasteiger partial charge in [-0.25, -0.2) is 0 Å². The van der Waals surface area contributed by atoms with Crippen molar-refractivity contribution >= 4 is 49.6 Å². The molecule has 0 fully saturated rings. The third-order valence-corrected chi connectivity index (χ3v) is 11.8. The minimum absolute atomic E-state index is 1.10. The molecule has 0 radical (unpaired) electrons. The van der Waals surface area contributed by atoms with Gasteiger partial charge in [0.2, 0.25) is 0 Å². The van der Waals surface area contributed by atoms with E-state index in [4.69, 9.17) is 0 Å². The predicted molar refractivity (Wildman–Crippen MR) is 255 cm³/mol. The molecule has 10 aromatic carbocycles. The molecule has 0 atom stereocenters. The summed E-state index contributed by atoms with van der Waals surface area (Å²) in [5.41, 5.74) is 16.5. The third kappa shape index (κ3) is 6.41. The minimum atomic E-state index is 1.10. The average molecular weight is 765 g/mol. The molecule has 2 heteroatoms. The number of nitrogens with zero attached hydrogens (tertiary/aromatic N) is 2. The molecular formula is C58H40N2. The van der Waals surface area contributed by atoms with Crippen molar-refractivity contribution in [2.24, 2.45) is 0 Å². The molecular weight excluding hydrogens is 725 g/mol. The highest BCUT2D eigenvalue weighted by Crippen LogP contribution is 2.40. The van der Waals surface area contributed by atoms with Crippen molar-refractivity contribution in [2.45, 2.75) is 0 Å². The first-order valence-corrected chi connectivity index (χ1v) is 20.6. The van der Waals surface area contributed by atoms with Crippen LogP contribution >= 0.6 is 0 Å². The van der Waals surface area contributed by atoms with E-state index in [0.29, 0.717) is 0 Å². The van der Waals surface area contributed by atoms with E-state index in [0.717, 1.165) is 22.7 Å². The van der Waals surface area contributed by atoms with Gasteiger partial charge in [0.05, 0.1) is 11.0 Å². The number of para-hydroxylation sites is 1. The van der Waals surface area contributed by atoms with Crippen molar-refractivity contribution in [2.75, 3.05) is 4.90 Å². The highest BCUT2D eigenvalue weighted by atomic mass is 15.1. The Hall–Kier alpha value is -7.94. The Balaban J connectivity index is 0.942. The van der Waals surface area contributed by atoms with E-state index in [-0.39, 0.29) is 0 Å². The van der Waals surface area contributed by atoms with E-state index in [1.54, 1.807) is 0 Å². The van der Waals surface area contributed by atoms with E-state index in [9.17, 15) is 0 Å². The Morgan fingerprint density at radius 3 is 1.20 bits per heavy atom. The summed E-state index contributed by atoms with van der Waals surface area (Å²) in [6, 6.07) is 87.8. The van der Waals surface area contributed by atoms with E-state index < -0.39 is 0 Å². The minimum Gasteiger partial charge on any atom is -0.311 e. The Kier molecular flexibility index (Phi) is 8.87. The fourth-order valence-electron chi connectivity index (χ4n) is 8.81. The first kappa shape index (κ1) is 35.2. The van der Waals surface area contributed by atoms with Crippen LogP contribution in [0.2, 0.25) is 0 Å². The molecule has 282 valence electrons. The SMILES string of the molecule is c1ccc(-c2ccc(N(c3ccc(-c4ccccc4)cc3)c3ccc(-c4ccccc4-c4ccc(-n5c6ccccc6c6cc7ccccc7cc65)cc4)cc3)cc2)cc1. The van der Waals surface area contributed by atoms with Crippen LogP contribution in [0.15, 0.2) is 243 Å². The molecule has 0 aliphatic carbocycles. The highest BCUT2D eigenvalue weighted by molar-refractivity contribution is 6.13. The largest absolute Gasteiger partial charge is 0.311 e. The number of rotatable bonds is 8. The molecule has 0 spiro atoms. The molecule has 0 aliphatic rings. The Labute approximate surface area is 350 Å². The van der Waals surface area contributed by atoms with Gasteiger partial charge in [0.15, 0.2) is 0 Å². The van der Waals surface area contributed by atoms with Crippen LogP contribution in [-0.4, -0.2) is 4.57 Å². The number of anilines is 3. The summed E-state index contributed by atoms with van der Waals surface area (Å²) in [4.78, 5) is 2.34. The van der Waals surface area contributed by atoms with Gasteiger partial charge >= 0.3 is 0 Å². The second-order valence-electron chi connectivity index (χ2n) is 15.4. The number of benzene rings is 10. The summed E-state index contributed by atoms with van der Waals surface area (Å²) in [6.07, 6.45) is 0. The zero-order valence-electron chi connectivity index (χ0n) is 33.0. The van der Waals surface area contributed by atoms with E-state index in [1.165, 1.54) is 77.1 Å². The van der Waals surface area contributed by atoms with Crippen molar-refractivity contribution in [1.29, 1.82) is 0 Å². The second kappa shape index (κ2) is 15.1. The Morgan fingerprint density at radius 1 is 0.267 bits per heavy atom. The quantitative estimate of drug-likeness (QED) is 0.150. The van der Waals surface area contributed by atoms with Crippen molar-refractivity contribution in [3.05, 3.63) is 243 Å². The van der Waals surface area contributed by atoms with Crippen LogP contribution in [0.4, 0.5) is 17.1 Å². The molecule has 0 unspecified atom stereocenters. The lowest BCUT2D eigenvalue weighted by Crippen LogP contribution is -2.09. The van der Waals surface area contributed by atoms with Crippen molar-refractivity contribution < 1.29 is 0 Å². The molecule has 0 N–H and O–H groups in total. The van der Waals surface area contributed by atoms with Gasteiger partial charge < -0.3 is 9.47 Å². The zero-order chi connectivity index (χ0) is 39.8. The van der Waals surface area contributed by atoms with Gasteiger partial charge in [-0.1, -0.05) is 176 Å². The third-order valence-electron chi connectivity index (χ3n) is 11.8. The average Bonchev–Trinajstić information content (AvgIpc) is 3.65. The number of hydrogen-bond donors (Lipinski definition) is 0. The molecule has 11 rings (SSSR count). The summed E-state index contributed by atoms with van der Waals surface area (Å²) in [6.45, 7) is 0. The van der Waals surface area contributed by atoms with Crippen LogP contribution in [0.1, 0.15) is 0 Å². The molecule has 1 aromatic heterocycles. The summed E-state index contributed by atoms with van der Waals surface area (Å²) in [5.74, 6) is 0. The molecule has 1 heterocycles. The summed E-state index contributed by atoms with van der Waals surface area (Å²) in [5, 5.41) is 5.04. The van der Waals surface area contributed by atoms with Gasteiger partial charge in [-0.05, 0) is 122 Å². The lowest BCUT2D eigenvalue weighted by Gasteiger charge is -2.26. The van der Waals surface area contributed by atoms with Gasteiger partial charge in [-0.2, -0.15) is 0 Å². The van der Waals surface area contributed by atoms with E-state index >= 15 is 0 Å². The molecule has 0 amide bonds. The summed E-state index contributed by atoms with van der Waals surface area (Å²) >= 11 is 0. The van der Waals surface area contributed by atoms with Crippen molar-refractivity contribution in [3.63, 3.8) is 0 Å². The fourth-order valence-corrected chi connectivity index (χ4v) is 8.81. The van der Waals surface area contributed by atoms with Crippen LogP contribution in [0.5, 0.6) is 0 Å². The summed E-state index contributed by atoms with van der Waals surface area (Å²) in [7, 11) is 0. The van der Waals surface area contributed by atoms with Crippen LogP contribution < -0.4 is 4.90 Å². The normalized spacial score (nSPS) is 11.3. The van der Waals surface area contributed by atoms with Gasteiger partial charge in [-0.15, -0.1) is 0 Å². The van der Waals surface area contributed by atoms with Gasteiger partial charge in [0, 0.05) is 33.5 Å². The zero-order valence-corrected chi connectivity index (χ0v) is 33.0. The maximum absolute atomic E-state index is 2.40. The Bertz CT molecular complexity index is 3170. The number of hydrogen-bond acceptors (Lipinski definition) is 1. The van der Waals surface area contributed by atoms with Crippen LogP contribution in [0.3, 0.4) is 0 Å². The van der Waals surface area contributed by atoms with Crippen molar-refractivity contribution in [3.8, 4) is 50.2 Å². The molecule has 0 bridgehead atoms. The second-order valence-corrected chi connectivity index (χ2v) is 15.4. The number of fused-ring (bicyclic) bond motifs is 4. The topological polar surface area (TPSA) is 8.17 Å². The molecule has 60 heavy (non-hydrogen) atoms. The molecule has 0 saturated heterocycles. The maximum Gasteiger partial charge on any atom is 0.0547 e. The van der Waals surface area contributed by atoms with E-state index in [1.807, 2.05) is 0 Å². The van der Waals surface area contributed by atoms with Gasteiger partial charge in [0.25, 0.3) is 0 Å². The molecule has 0 aliphatic heterocycles. The fraction of sp³-hybridized carbons (Fsp3) is 0. The first-order valence-electron chi connectivity index (χ1n) is 20.6. The molecule has 2 nitrogen and oxygen atoms in total. The molecule has 11 aromatic rings. The molecule has 0 saturated carbocycles. The first-order chi connectivity index (χ1) is 29.7. The van der Waals surface area contributed by atoms with Gasteiger partial charge in [-0.3, -0.25) is 0 Å². The van der Waals surface area contributed by atoms with E-state index in [2.05, 4.69) is 252 Å². The lowest BCUT2D eigenvalue weighted by molar-refractivity contribution is 1.18. The van der Waals surface area contributed by atoms with Crippen LogP contribution in [0, 0.1) is 0 Å². The maximum atomic E-state index is 2.40. The smallest absolute Gasteiger partial charge is 0.0547 e.